The number of hydrogen-bond donors (Lipinski definition) is 1. The van der Waals surface area contributed by atoms with Crippen molar-refractivity contribution >= 4 is 14.1 Å². The van der Waals surface area contributed by atoms with E-state index in [2.05, 4.69) is 38.8 Å². The molecule has 1 aliphatic heterocycles. The quantitative estimate of drug-likeness (QED) is 0.837. The first-order chi connectivity index (χ1) is 10.5. The number of nitrogens with one attached hydrogen (secondary N) is 1. The van der Waals surface area contributed by atoms with Gasteiger partial charge in [-0.3, -0.25) is 19.1 Å². The summed E-state index contributed by atoms with van der Waals surface area (Å²) in [6.45, 7) is 11.0. The molecule has 0 bridgehead atoms. The van der Waals surface area contributed by atoms with E-state index in [9.17, 15) is 14.4 Å². The fourth-order valence-electron chi connectivity index (χ4n) is 2.08. The number of aromatic nitrogens is 2. The maximum absolute atomic E-state index is 12.1. The number of hydrogen-bond acceptors (Lipinski definition) is 5. The Bertz CT molecular complexity index is 701. The van der Waals surface area contributed by atoms with E-state index in [1.165, 1.54) is 12.3 Å². The summed E-state index contributed by atoms with van der Waals surface area (Å²) in [5.74, 6) is -0.192. The highest BCUT2D eigenvalue weighted by Gasteiger charge is 2.40. The van der Waals surface area contributed by atoms with E-state index in [4.69, 9.17) is 9.16 Å². The molecule has 0 spiro atoms. The van der Waals surface area contributed by atoms with Crippen LogP contribution in [-0.2, 0) is 14.0 Å². The Labute approximate surface area is 135 Å². The second-order valence-corrected chi connectivity index (χ2v) is 12.2. The van der Waals surface area contributed by atoms with E-state index in [1.807, 2.05) is 0 Å². The molecule has 1 N–H and O–H groups in total. The maximum atomic E-state index is 12.1. The zero-order valence-electron chi connectivity index (χ0n) is 14.2. The van der Waals surface area contributed by atoms with Gasteiger partial charge in [0.05, 0.1) is 12.7 Å². The second-order valence-electron chi connectivity index (χ2n) is 7.37. The van der Waals surface area contributed by atoms with Crippen molar-refractivity contribution in [2.24, 2.45) is 0 Å². The zero-order chi connectivity index (χ0) is 17.4. The van der Waals surface area contributed by atoms with Crippen LogP contribution in [0.1, 0.15) is 33.4 Å². The molecule has 0 aliphatic carbocycles. The summed E-state index contributed by atoms with van der Waals surface area (Å²) >= 11 is 0. The molecule has 0 unspecified atom stereocenters. The average molecular weight is 340 g/mol. The third-order valence-corrected chi connectivity index (χ3v) is 9.07. The zero-order valence-corrected chi connectivity index (χ0v) is 15.2. The Balaban J connectivity index is 2.06. The largest absolute Gasteiger partial charge is 0.414 e. The molecule has 7 nitrogen and oxygen atoms in total. The topological polar surface area (TPSA) is 90.4 Å². The molecule has 8 heteroatoms. The molecule has 23 heavy (non-hydrogen) atoms. The van der Waals surface area contributed by atoms with Crippen molar-refractivity contribution in [2.75, 3.05) is 6.61 Å². The van der Waals surface area contributed by atoms with Crippen molar-refractivity contribution in [3.8, 4) is 0 Å². The molecule has 128 valence electrons. The van der Waals surface area contributed by atoms with E-state index in [0.29, 0.717) is 6.61 Å². The SMILES string of the molecule is CC(C)(C)[Si](C)(C)OC[C@@H]1CC(=O)[C@H](n2ccc(=O)[nH]c2=O)O1. The van der Waals surface area contributed by atoms with Gasteiger partial charge >= 0.3 is 5.69 Å². The third-order valence-electron chi connectivity index (χ3n) is 4.57. The number of carbonyl (C=O) groups is 1. The van der Waals surface area contributed by atoms with Gasteiger partial charge in [0.2, 0.25) is 0 Å². The Morgan fingerprint density at radius 1 is 1.35 bits per heavy atom. The lowest BCUT2D eigenvalue weighted by molar-refractivity contribution is -0.127. The minimum absolute atomic E-state index is 0.0743. The fraction of sp³-hybridized carbons (Fsp3) is 0.667. The monoisotopic (exact) mass is 340 g/mol. The Hall–Kier alpha value is -1.51. The average Bonchev–Trinajstić information content (AvgIpc) is 2.76. The molecule has 2 atom stereocenters. The van der Waals surface area contributed by atoms with Crippen LogP contribution in [0.2, 0.25) is 18.1 Å². The van der Waals surface area contributed by atoms with Crippen molar-refractivity contribution in [1.29, 1.82) is 0 Å². The lowest BCUT2D eigenvalue weighted by atomic mass is 10.2. The molecule has 1 fully saturated rings. The highest BCUT2D eigenvalue weighted by molar-refractivity contribution is 6.74. The highest BCUT2D eigenvalue weighted by atomic mass is 28.4. The van der Waals surface area contributed by atoms with Gasteiger partial charge in [-0.1, -0.05) is 20.8 Å². The molecule has 0 amide bonds. The van der Waals surface area contributed by atoms with E-state index in [1.54, 1.807) is 0 Å². The molecule has 1 aromatic heterocycles. The van der Waals surface area contributed by atoms with Gasteiger partial charge < -0.3 is 9.16 Å². The predicted octanol–water partition coefficient (Wildman–Crippen LogP) is 1.41. The third kappa shape index (κ3) is 3.88. The first-order valence-electron chi connectivity index (χ1n) is 7.65. The minimum atomic E-state index is -1.92. The van der Waals surface area contributed by atoms with Crippen LogP contribution in [0.4, 0.5) is 0 Å². The molecular formula is C15H24N2O5Si. The van der Waals surface area contributed by atoms with E-state index in [0.717, 1.165) is 4.57 Å². The van der Waals surface area contributed by atoms with Crippen LogP contribution in [-0.4, -0.2) is 36.4 Å². The molecule has 1 aliphatic rings. The molecule has 0 radical (unpaired) electrons. The summed E-state index contributed by atoms with van der Waals surface area (Å²) in [5, 5.41) is 0.0743. The van der Waals surface area contributed by atoms with E-state index in [-0.39, 0.29) is 23.3 Å². The van der Waals surface area contributed by atoms with Crippen molar-refractivity contribution in [1.82, 2.24) is 9.55 Å². The standard InChI is InChI=1S/C15H24N2O5Si/c1-15(2,3)23(4,5)21-9-10-8-11(18)13(22-10)17-7-6-12(19)16-14(17)20/h6-7,10,13H,8-9H2,1-5H3,(H,16,19,20)/t10-,13+/m0/s1. The smallest absolute Gasteiger partial charge is 0.330 e. The number of rotatable bonds is 4. The van der Waals surface area contributed by atoms with Crippen LogP contribution < -0.4 is 11.2 Å². The molecule has 2 heterocycles. The summed E-state index contributed by atoms with van der Waals surface area (Å²) in [6.07, 6.45) is 0.110. The molecule has 2 rings (SSSR count). The summed E-state index contributed by atoms with van der Waals surface area (Å²) in [5.41, 5.74) is -1.16. The van der Waals surface area contributed by atoms with Crippen molar-refractivity contribution in [3.63, 3.8) is 0 Å². The second kappa shape index (κ2) is 6.18. The van der Waals surface area contributed by atoms with Crippen LogP contribution in [0, 0.1) is 0 Å². The van der Waals surface area contributed by atoms with Gasteiger partial charge in [-0.25, -0.2) is 4.79 Å². The Morgan fingerprint density at radius 2 is 2.00 bits per heavy atom. The summed E-state index contributed by atoms with van der Waals surface area (Å²) < 4.78 is 12.9. The van der Waals surface area contributed by atoms with Crippen LogP contribution in [0.15, 0.2) is 21.9 Å². The Kier molecular flexibility index (Phi) is 4.79. The Morgan fingerprint density at radius 3 is 2.57 bits per heavy atom. The number of ether oxygens (including phenoxy) is 1. The van der Waals surface area contributed by atoms with Crippen molar-refractivity contribution in [3.05, 3.63) is 33.1 Å². The number of aromatic amines is 1. The van der Waals surface area contributed by atoms with Gasteiger partial charge in [0.25, 0.3) is 5.56 Å². The van der Waals surface area contributed by atoms with Crippen LogP contribution >= 0.6 is 0 Å². The van der Waals surface area contributed by atoms with Gasteiger partial charge in [-0.2, -0.15) is 0 Å². The number of Topliss-reactive ketones (excluding diaryl/α,β-unsaturated/α-hetero) is 1. The van der Waals surface area contributed by atoms with Gasteiger partial charge in [0.15, 0.2) is 20.3 Å². The van der Waals surface area contributed by atoms with Gasteiger partial charge in [0, 0.05) is 18.7 Å². The van der Waals surface area contributed by atoms with Gasteiger partial charge in [0.1, 0.15) is 0 Å². The highest BCUT2D eigenvalue weighted by Crippen LogP contribution is 2.37. The van der Waals surface area contributed by atoms with E-state index >= 15 is 0 Å². The molecule has 1 aromatic rings. The van der Waals surface area contributed by atoms with Gasteiger partial charge in [-0.15, -0.1) is 0 Å². The summed E-state index contributed by atoms with van der Waals surface area (Å²) in [4.78, 5) is 37.1. The fourth-order valence-corrected chi connectivity index (χ4v) is 3.12. The normalized spacial score (nSPS) is 22.6. The number of H-pyrrole nitrogens is 1. The molecule has 0 saturated carbocycles. The molecule has 0 aromatic carbocycles. The van der Waals surface area contributed by atoms with E-state index < -0.39 is 25.8 Å². The predicted molar refractivity (Wildman–Crippen MR) is 88.0 cm³/mol. The van der Waals surface area contributed by atoms with Crippen molar-refractivity contribution in [2.45, 2.75) is 57.7 Å². The molecular weight excluding hydrogens is 316 g/mol. The number of ketones is 1. The lowest BCUT2D eigenvalue weighted by Crippen LogP contribution is -2.42. The summed E-state index contributed by atoms with van der Waals surface area (Å²) in [6, 6.07) is 1.19. The number of nitrogens with zero attached hydrogens (tertiary/aromatic N) is 1. The first kappa shape index (κ1) is 17.8. The first-order valence-corrected chi connectivity index (χ1v) is 10.6. The van der Waals surface area contributed by atoms with Gasteiger partial charge in [-0.05, 0) is 18.1 Å². The number of carbonyl (C=O) groups excluding carboxylic acids is 1. The van der Waals surface area contributed by atoms with Crippen LogP contribution in [0.5, 0.6) is 0 Å². The molecule has 1 saturated heterocycles. The van der Waals surface area contributed by atoms with Crippen LogP contribution in [0.3, 0.4) is 0 Å². The van der Waals surface area contributed by atoms with Crippen molar-refractivity contribution < 1.29 is 14.0 Å². The van der Waals surface area contributed by atoms with Crippen LogP contribution in [0.25, 0.3) is 0 Å². The lowest BCUT2D eigenvalue weighted by Gasteiger charge is -2.36. The maximum Gasteiger partial charge on any atom is 0.330 e. The minimum Gasteiger partial charge on any atom is -0.414 e. The summed E-state index contributed by atoms with van der Waals surface area (Å²) in [7, 11) is -1.92.